The molecule has 3 aromatic rings. The van der Waals surface area contributed by atoms with Gasteiger partial charge in [-0.25, -0.2) is 0 Å². The van der Waals surface area contributed by atoms with Gasteiger partial charge in [-0.1, -0.05) is 18.2 Å². The molecule has 0 amide bonds. The molecule has 100 valence electrons. The predicted molar refractivity (Wildman–Crippen MR) is 76.1 cm³/mol. The molecular weight excluding hydrogens is 254 g/mol. The van der Waals surface area contributed by atoms with Crippen molar-refractivity contribution in [2.75, 3.05) is 12.8 Å². The lowest BCUT2D eigenvalue weighted by Gasteiger charge is -2.04. The fourth-order valence-electron chi connectivity index (χ4n) is 1.88. The van der Waals surface area contributed by atoms with E-state index in [9.17, 15) is 0 Å². The highest BCUT2D eigenvalue weighted by Gasteiger charge is 2.13. The number of hydrogen-bond acceptors (Lipinski definition) is 5. The van der Waals surface area contributed by atoms with E-state index in [0.717, 1.165) is 5.56 Å². The van der Waals surface area contributed by atoms with Gasteiger partial charge in [-0.05, 0) is 30.3 Å². The number of anilines is 1. The van der Waals surface area contributed by atoms with Gasteiger partial charge in [-0.15, -0.1) is 10.2 Å². The van der Waals surface area contributed by atoms with Gasteiger partial charge in [-0.2, -0.15) is 0 Å². The van der Waals surface area contributed by atoms with Crippen LogP contribution in [0.25, 0.3) is 22.9 Å². The maximum Gasteiger partial charge on any atom is 0.250 e. The van der Waals surface area contributed by atoms with Crippen molar-refractivity contribution in [3.8, 4) is 28.7 Å². The number of nitrogens with zero attached hydrogens (tertiary/aromatic N) is 2. The lowest BCUT2D eigenvalue weighted by Crippen LogP contribution is -1.92. The van der Waals surface area contributed by atoms with Gasteiger partial charge in [0, 0.05) is 11.3 Å². The standard InChI is InChI=1S/C15H13N3O2/c1-19-11-7-8-13(16)12(9-11)15-18-17-14(20-15)10-5-3-2-4-6-10/h2-9H,16H2,1H3. The Kier molecular flexibility index (Phi) is 3.09. The number of rotatable bonds is 3. The molecule has 1 heterocycles. The molecule has 2 N–H and O–H groups in total. The van der Waals surface area contributed by atoms with Crippen molar-refractivity contribution in [3.05, 3.63) is 48.5 Å². The summed E-state index contributed by atoms with van der Waals surface area (Å²) < 4.78 is 10.9. The maximum atomic E-state index is 5.94. The Labute approximate surface area is 116 Å². The molecule has 5 nitrogen and oxygen atoms in total. The van der Waals surface area contributed by atoms with Crippen LogP contribution in [0, 0.1) is 0 Å². The molecule has 0 spiro atoms. The van der Waals surface area contributed by atoms with Crippen molar-refractivity contribution in [1.29, 1.82) is 0 Å². The zero-order valence-electron chi connectivity index (χ0n) is 10.9. The molecule has 0 aliphatic carbocycles. The molecule has 0 aliphatic heterocycles. The zero-order valence-corrected chi connectivity index (χ0v) is 10.9. The first-order valence-corrected chi connectivity index (χ1v) is 6.11. The first-order valence-electron chi connectivity index (χ1n) is 6.11. The zero-order chi connectivity index (χ0) is 13.9. The van der Waals surface area contributed by atoms with E-state index in [1.807, 2.05) is 30.3 Å². The van der Waals surface area contributed by atoms with Crippen molar-refractivity contribution in [3.63, 3.8) is 0 Å². The first-order chi connectivity index (χ1) is 9.78. The van der Waals surface area contributed by atoms with Crippen LogP contribution in [-0.2, 0) is 0 Å². The first kappa shape index (κ1) is 12.2. The summed E-state index contributed by atoms with van der Waals surface area (Å²) in [7, 11) is 1.60. The average molecular weight is 267 g/mol. The molecule has 0 aliphatic rings. The summed E-state index contributed by atoms with van der Waals surface area (Å²) in [5, 5.41) is 8.09. The van der Waals surface area contributed by atoms with E-state index in [0.29, 0.717) is 28.8 Å². The van der Waals surface area contributed by atoms with E-state index in [2.05, 4.69) is 10.2 Å². The summed E-state index contributed by atoms with van der Waals surface area (Å²) in [5.74, 6) is 1.52. The van der Waals surface area contributed by atoms with E-state index in [4.69, 9.17) is 14.9 Å². The van der Waals surface area contributed by atoms with Crippen molar-refractivity contribution in [1.82, 2.24) is 10.2 Å². The summed E-state index contributed by atoms with van der Waals surface area (Å²) in [5.41, 5.74) is 8.04. The minimum Gasteiger partial charge on any atom is -0.497 e. The molecule has 0 radical (unpaired) electrons. The van der Waals surface area contributed by atoms with E-state index in [1.165, 1.54) is 0 Å². The topological polar surface area (TPSA) is 74.2 Å². The number of methoxy groups -OCH3 is 1. The van der Waals surface area contributed by atoms with Crippen LogP contribution in [-0.4, -0.2) is 17.3 Å². The normalized spacial score (nSPS) is 10.4. The van der Waals surface area contributed by atoms with Crippen LogP contribution >= 0.6 is 0 Å². The molecule has 0 saturated heterocycles. The molecule has 0 unspecified atom stereocenters. The second-order valence-corrected chi connectivity index (χ2v) is 4.23. The second-order valence-electron chi connectivity index (χ2n) is 4.23. The summed E-state index contributed by atoms with van der Waals surface area (Å²) in [6, 6.07) is 14.9. The minimum absolute atomic E-state index is 0.375. The number of nitrogen functional groups attached to an aromatic ring is 1. The molecule has 5 heteroatoms. The quantitative estimate of drug-likeness (QED) is 0.738. The summed E-state index contributed by atoms with van der Waals surface area (Å²) >= 11 is 0. The van der Waals surface area contributed by atoms with Crippen molar-refractivity contribution in [2.24, 2.45) is 0 Å². The SMILES string of the molecule is COc1ccc(N)c(-c2nnc(-c3ccccc3)o2)c1. The smallest absolute Gasteiger partial charge is 0.250 e. The van der Waals surface area contributed by atoms with Crippen LogP contribution in [0.1, 0.15) is 0 Å². The highest BCUT2D eigenvalue weighted by molar-refractivity contribution is 5.72. The van der Waals surface area contributed by atoms with E-state index in [1.54, 1.807) is 25.3 Å². The van der Waals surface area contributed by atoms with Crippen LogP contribution in [0.4, 0.5) is 5.69 Å². The molecule has 0 atom stereocenters. The van der Waals surface area contributed by atoms with Gasteiger partial charge < -0.3 is 14.9 Å². The van der Waals surface area contributed by atoms with Crippen LogP contribution in [0.3, 0.4) is 0 Å². The molecule has 3 rings (SSSR count). The van der Waals surface area contributed by atoms with Crippen molar-refractivity contribution in [2.45, 2.75) is 0 Å². The molecule has 1 aromatic heterocycles. The number of nitrogens with two attached hydrogens (primary N) is 1. The fourth-order valence-corrected chi connectivity index (χ4v) is 1.88. The van der Waals surface area contributed by atoms with Crippen LogP contribution in [0.15, 0.2) is 52.9 Å². The van der Waals surface area contributed by atoms with E-state index < -0.39 is 0 Å². The summed E-state index contributed by atoms with van der Waals surface area (Å²) in [6.07, 6.45) is 0. The fraction of sp³-hybridized carbons (Fsp3) is 0.0667. The van der Waals surface area contributed by atoms with Gasteiger partial charge in [-0.3, -0.25) is 0 Å². The third-order valence-electron chi connectivity index (χ3n) is 2.94. The van der Waals surface area contributed by atoms with Gasteiger partial charge in [0.05, 0.1) is 12.7 Å². The molecule has 20 heavy (non-hydrogen) atoms. The monoisotopic (exact) mass is 267 g/mol. The van der Waals surface area contributed by atoms with Crippen LogP contribution < -0.4 is 10.5 Å². The van der Waals surface area contributed by atoms with Gasteiger partial charge in [0.1, 0.15) is 5.75 Å². The van der Waals surface area contributed by atoms with Crippen molar-refractivity contribution < 1.29 is 9.15 Å². The largest absolute Gasteiger partial charge is 0.497 e. The minimum atomic E-state index is 0.375. The van der Waals surface area contributed by atoms with Gasteiger partial charge in [0.2, 0.25) is 11.8 Å². The average Bonchev–Trinajstić information content (AvgIpc) is 2.98. The van der Waals surface area contributed by atoms with E-state index >= 15 is 0 Å². The summed E-state index contributed by atoms with van der Waals surface area (Å²) in [4.78, 5) is 0. The third kappa shape index (κ3) is 2.21. The molecule has 2 aromatic carbocycles. The van der Waals surface area contributed by atoms with E-state index in [-0.39, 0.29) is 0 Å². The third-order valence-corrected chi connectivity index (χ3v) is 2.94. The Morgan fingerprint density at radius 1 is 1.00 bits per heavy atom. The van der Waals surface area contributed by atoms with Crippen LogP contribution in [0.2, 0.25) is 0 Å². The van der Waals surface area contributed by atoms with Gasteiger partial charge >= 0.3 is 0 Å². The number of ether oxygens (including phenoxy) is 1. The maximum absolute atomic E-state index is 5.94. The Hall–Kier alpha value is -2.82. The Balaban J connectivity index is 2.02. The second kappa shape index (κ2) is 5.05. The Morgan fingerprint density at radius 3 is 2.50 bits per heavy atom. The Bertz CT molecular complexity index is 723. The molecule has 0 saturated carbocycles. The molecule has 0 fully saturated rings. The highest BCUT2D eigenvalue weighted by atomic mass is 16.5. The summed E-state index contributed by atoms with van der Waals surface area (Å²) in [6.45, 7) is 0. The lowest BCUT2D eigenvalue weighted by atomic mass is 10.1. The number of benzene rings is 2. The lowest BCUT2D eigenvalue weighted by molar-refractivity contribution is 0.415. The number of aromatic nitrogens is 2. The highest BCUT2D eigenvalue weighted by Crippen LogP contribution is 2.30. The van der Waals surface area contributed by atoms with Crippen LogP contribution in [0.5, 0.6) is 5.75 Å². The van der Waals surface area contributed by atoms with Crippen molar-refractivity contribution >= 4 is 5.69 Å². The van der Waals surface area contributed by atoms with Gasteiger partial charge in [0.15, 0.2) is 0 Å². The number of hydrogen-bond donors (Lipinski definition) is 1. The predicted octanol–water partition coefficient (Wildman–Crippen LogP) is 2.99. The Morgan fingerprint density at radius 2 is 1.75 bits per heavy atom. The van der Waals surface area contributed by atoms with Gasteiger partial charge in [0.25, 0.3) is 0 Å². The molecule has 0 bridgehead atoms. The molecular formula is C15H13N3O2.